The number of likely N-dealkylation sites (N-methyl/N-ethyl adjacent to an activating group) is 1. The van der Waals surface area contributed by atoms with Crippen LogP contribution in [0.2, 0.25) is 0 Å². The molecule has 17 heavy (non-hydrogen) atoms. The van der Waals surface area contributed by atoms with Crippen LogP contribution in [0.5, 0.6) is 0 Å². The van der Waals surface area contributed by atoms with Gasteiger partial charge >= 0.3 is 0 Å². The molecule has 0 radical (unpaired) electrons. The molecule has 1 aromatic rings. The predicted molar refractivity (Wildman–Crippen MR) is 67.3 cm³/mol. The monoisotopic (exact) mass is 258 g/mol. The minimum absolute atomic E-state index is 0.140. The lowest BCUT2D eigenvalue weighted by Crippen LogP contribution is -2.30. The summed E-state index contributed by atoms with van der Waals surface area (Å²) in [5, 5.41) is 0. The summed E-state index contributed by atoms with van der Waals surface area (Å²) in [6.45, 7) is 2.51. The zero-order valence-electron chi connectivity index (χ0n) is 10.3. The molecule has 0 saturated carbocycles. The van der Waals surface area contributed by atoms with Gasteiger partial charge in [0.2, 0.25) is 10.0 Å². The molecule has 6 heteroatoms. The van der Waals surface area contributed by atoms with Gasteiger partial charge in [0.15, 0.2) is 0 Å². The van der Waals surface area contributed by atoms with Crippen LogP contribution in [0.1, 0.15) is 5.56 Å². The third-order valence-electron chi connectivity index (χ3n) is 2.46. The van der Waals surface area contributed by atoms with E-state index in [9.17, 15) is 8.42 Å². The molecule has 5 nitrogen and oxygen atoms in total. The van der Waals surface area contributed by atoms with E-state index in [2.05, 4.69) is 0 Å². The van der Waals surface area contributed by atoms with Crippen molar-refractivity contribution in [2.45, 2.75) is 11.8 Å². The lowest BCUT2D eigenvalue weighted by Gasteiger charge is -2.18. The molecule has 0 aromatic heterocycles. The number of hydrogen-bond acceptors (Lipinski definition) is 4. The highest BCUT2D eigenvalue weighted by molar-refractivity contribution is 7.89. The summed E-state index contributed by atoms with van der Waals surface area (Å²) < 4.78 is 30.4. The maximum Gasteiger partial charge on any atom is 0.244 e. The number of nitrogen functional groups attached to an aromatic ring is 1. The Morgan fingerprint density at radius 2 is 2.06 bits per heavy atom. The summed E-state index contributed by atoms with van der Waals surface area (Å²) in [6, 6.07) is 4.91. The molecular weight excluding hydrogens is 240 g/mol. The van der Waals surface area contributed by atoms with Crippen LogP contribution in [0, 0.1) is 6.92 Å². The lowest BCUT2D eigenvalue weighted by molar-refractivity contribution is 0.185. The minimum atomic E-state index is -3.53. The van der Waals surface area contributed by atoms with Crippen LogP contribution in [0.4, 0.5) is 5.69 Å². The predicted octanol–water partition coefficient (Wildman–Crippen LogP) is 0.844. The third kappa shape index (κ3) is 3.18. The molecule has 0 aliphatic carbocycles. The number of sulfonamides is 1. The molecule has 1 rings (SSSR count). The number of nitrogens with two attached hydrogens (primary N) is 1. The average molecular weight is 258 g/mol. The Kier molecular flexibility index (Phi) is 4.50. The topological polar surface area (TPSA) is 72.6 Å². The van der Waals surface area contributed by atoms with Gasteiger partial charge in [-0.25, -0.2) is 8.42 Å². The molecular formula is C11H18N2O3S. The highest BCUT2D eigenvalue weighted by Crippen LogP contribution is 2.22. The van der Waals surface area contributed by atoms with Crippen molar-refractivity contribution in [3.05, 3.63) is 23.8 Å². The summed E-state index contributed by atoms with van der Waals surface area (Å²) in [5.41, 5.74) is 6.94. The second-order valence-corrected chi connectivity index (χ2v) is 5.87. The molecule has 0 atom stereocenters. The normalized spacial score (nSPS) is 12.0. The van der Waals surface area contributed by atoms with Crippen LogP contribution in [0.3, 0.4) is 0 Å². The van der Waals surface area contributed by atoms with E-state index in [0.29, 0.717) is 13.2 Å². The fraction of sp³-hybridized carbons (Fsp3) is 0.455. The molecule has 96 valence electrons. The number of ether oxygens (including phenoxy) is 1. The van der Waals surface area contributed by atoms with Crippen molar-refractivity contribution in [2.24, 2.45) is 0 Å². The number of aryl methyl sites for hydroxylation is 1. The summed E-state index contributed by atoms with van der Waals surface area (Å²) in [5.74, 6) is 0. The van der Waals surface area contributed by atoms with Gasteiger partial charge in [0.05, 0.1) is 12.3 Å². The van der Waals surface area contributed by atoms with E-state index in [4.69, 9.17) is 10.5 Å². The fourth-order valence-corrected chi connectivity index (χ4v) is 2.66. The van der Waals surface area contributed by atoms with Crippen LogP contribution in [0.15, 0.2) is 23.1 Å². The molecule has 0 bridgehead atoms. The van der Waals surface area contributed by atoms with E-state index in [1.807, 2.05) is 6.92 Å². The molecule has 0 aliphatic rings. The maximum absolute atomic E-state index is 12.2. The quantitative estimate of drug-likeness (QED) is 0.794. The van der Waals surface area contributed by atoms with Gasteiger partial charge in [0.25, 0.3) is 0 Å². The largest absolute Gasteiger partial charge is 0.398 e. The minimum Gasteiger partial charge on any atom is -0.398 e. The van der Waals surface area contributed by atoms with Crippen LogP contribution in [-0.4, -0.2) is 40.0 Å². The Bertz CT molecular complexity index is 485. The molecule has 0 saturated heterocycles. The number of hydrogen-bond donors (Lipinski definition) is 1. The van der Waals surface area contributed by atoms with Gasteiger partial charge in [-0.05, 0) is 24.6 Å². The molecule has 0 heterocycles. The van der Waals surface area contributed by atoms with Crippen molar-refractivity contribution in [1.29, 1.82) is 0 Å². The van der Waals surface area contributed by atoms with E-state index in [0.717, 1.165) is 5.56 Å². The molecule has 0 aliphatic heterocycles. The van der Waals surface area contributed by atoms with Gasteiger partial charge in [-0.15, -0.1) is 0 Å². The standard InChI is InChI=1S/C11H18N2O3S/c1-9-4-5-11(10(12)8-9)17(14,15)13(2)6-7-16-3/h4-5,8H,6-7,12H2,1-3H3. The Morgan fingerprint density at radius 1 is 1.41 bits per heavy atom. The van der Waals surface area contributed by atoms with Crippen molar-refractivity contribution < 1.29 is 13.2 Å². The summed E-state index contributed by atoms with van der Waals surface area (Å²) in [6.07, 6.45) is 0. The molecule has 0 fully saturated rings. The number of anilines is 1. The average Bonchev–Trinajstić information content (AvgIpc) is 2.25. The lowest BCUT2D eigenvalue weighted by atomic mass is 10.2. The fourth-order valence-electron chi connectivity index (χ4n) is 1.41. The van der Waals surface area contributed by atoms with Crippen molar-refractivity contribution in [3.63, 3.8) is 0 Å². The van der Waals surface area contributed by atoms with Gasteiger partial charge < -0.3 is 10.5 Å². The van der Waals surface area contributed by atoms with E-state index < -0.39 is 10.0 Å². The SMILES string of the molecule is COCCN(C)S(=O)(=O)c1ccc(C)cc1N. The Balaban J connectivity index is 3.04. The van der Waals surface area contributed by atoms with Crippen LogP contribution < -0.4 is 5.73 Å². The van der Waals surface area contributed by atoms with Gasteiger partial charge in [-0.1, -0.05) is 6.07 Å². The van der Waals surface area contributed by atoms with Crippen molar-refractivity contribution in [3.8, 4) is 0 Å². The number of rotatable bonds is 5. The Morgan fingerprint density at radius 3 is 2.59 bits per heavy atom. The van der Waals surface area contributed by atoms with E-state index in [1.54, 1.807) is 12.1 Å². The number of benzene rings is 1. The molecule has 1 aromatic carbocycles. The second kappa shape index (κ2) is 5.48. The van der Waals surface area contributed by atoms with E-state index >= 15 is 0 Å². The first-order valence-electron chi connectivity index (χ1n) is 5.21. The second-order valence-electron chi connectivity index (χ2n) is 3.86. The zero-order chi connectivity index (χ0) is 13.1. The van der Waals surface area contributed by atoms with Crippen molar-refractivity contribution in [1.82, 2.24) is 4.31 Å². The maximum atomic E-state index is 12.2. The summed E-state index contributed by atoms with van der Waals surface area (Å²) in [4.78, 5) is 0.140. The van der Waals surface area contributed by atoms with Crippen LogP contribution in [-0.2, 0) is 14.8 Å². The van der Waals surface area contributed by atoms with Crippen molar-refractivity contribution >= 4 is 15.7 Å². The number of methoxy groups -OCH3 is 1. The highest BCUT2D eigenvalue weighted by atomic mass is 32.2. The first-order chi connectivity index (χ1) is 7.89. The molecule has 0 amide bonds. The first-order valence-corrected chi connectivity index (χ1v) is 6.65. The highest BCUT2D eigenvalue weighted by Gasteiger charge is 2.22. The van der Waals surface area contributed by atoms with Gasteiger partial charge in [-0.2, -0.15) is 4.31 Å². The summed E-state index contributed by atoms with van der Waals surface area (Å²) >= 11 is 0. The third-order valence-corrected chi connectivity index (χ3v) is 4.39. The molecule has 0 spiro atoms. The van der Waals surface area contributed by atoms with Crippen molar-refractivity contribution in [2.75, 3.05) is 33.0 Å². The van der Waals surface area contributed by atoms with Crippen LogP contribution >= 0.6 is 0 Å². The molecule has 0 unspecified atom stereocenters. The Hall–Kier alpha value is -1.11. The van der Waals surface area contributed by atoms with E-state index in [-0.39, 0.29) is 10.6 Å². The van der Waals surface area contributed by atoms with E-state index in [1.165, 1.54) is 24.5 Å². The number of nitrogens with zero attached hydrogens (tertiary/aromatic N) is 1. The first kappa shape index (κ1) is 14.0. The Labute approximate surface area is 102 Å². The molecule has 2 N–H and O–H groups in total. The smallest absolute Gasteiger partial charge is 0.244 e. The van der Waals surface area contributed by atoms with Gasteiger partial charge in [-0.3, -0.25) is 0 Å². The summed E-state index contributed by atoms with van der Waals surface area (Å²) in [7, 11) is -0.494. The zero-order valence-corrected chi connectivity index (χ0v) is 11.1. The van der Waals surface area contributed by atoms with Gasteiger partial charge in [0, 0.05) is 20.7 Å². The van der Waals surface area contributed by atoms with Crippen LogP contribution in [0.25, 0.3) is 0 Å². The van der Waals surface area contributed by atoms with Gasteiger partial charge in [0.1, 0.15) is 4.90 Å².